The Hall–Kier alpha value is -1.53. The van der Waals surface area contributed by atoms with E-state index in [-0.39, 0.29) is 5.69 Å². The number of hydrogen-bond donors (Lipinski definition) is 1. The van der Waals surface area contributed by atoms with Crippen molar-refractivity contribution in [1.82, 2.24) is 15.0 Å². The highest BCUT2D eigenvalue weighted by atomic mass is 19.3. The summed E-state index contributed by atoms with van der Waals surface area (Å²) in [4.78, 5) is 10.8. The predicted octanol–water partition coefficient (Wildman–Crippen LogP) is 0.204. The molecule has 0 unspecified atom stereocenters. The van der Waals surface area contributed by atoms with Crippen LogP contribution in [0.4, 0.5) is 8.78 Å². The summed E-state index contributed by atoms with van der Waals surface area (Å²) in [5, 5.41) is 6.88. The Morgan fingerprint density at radius 3 is 2.71 bits per heavy atom. The number of amides is 1. The van der Waals surface area contributed by atoms with Crippen LogP contribution in [-0.2, 0) is 13.0 Å². The number of alkyl halides is 2. The zero-order chi connectivity index (χ0) is 10.7. The molecule has 0 radical (unpaired) electrons. The van der Waals surface area contributed by atoms with Crippen LogP contribution < -0.4 is 5.73 Å². The van der Waals surface area contributed by atoms with Gasteiger partial charge in [-0.05, 0) is 6.42 Å². The Morgan fingerprint density at radius 2 is 2.29 bits per heavy atom. The molecule has 1 aromatic heterocycles. The highest BCUT2D eigenvalue weighted by molar-refractivity contribution is 5.91. The fourth-order valence-corrected chi connectivity index (χ4v) is 1.15. The number of rotatable bonds is 4. The molecule has 7 heteroatoms. The van der Waals surface area contributed by atoms with Crippen LogP contribution in [0.5, 0.6) is 0 Å². The van der Waals surface area contributed by atoms with Crippen molar-refractivity contribution in [1.29, 1.82) is 0 Å². The summed E-state index contributed by atoms with van der Waals surface area (Å²) in [5.74, 6) is -0.748. The molecule has 0 aliphatic carbocycles. The third-order valence-electron chi connectivity index (χ3n) is 1.72. The summed E-state index contributed by atoms with van der Waals surface area (Å²) in [6.45, 7) is 1.15. The first-order valence-electron chi connectivity index (χ1n) is 4.06. The first-order chi connectivity index (χ1) is 6.56. The minimum Gasteiger partial charge on any atom is -0.364 e. The van der Waals surface area contributed by atoms with Gasteiger partial charge in [-0.15, -0.1) is 5.10 Å². The van der Waals surface area contributed by atoms with Crippen molar-refractivity contribution < 1.29 is 13.6 Å². The van der Waals surface area contributed by atoms with E-state index < -0.39 is 18.9 Å². The van der Waals surface area contributed by atoms with Gasteiger partial charge in [-0.2, -0.15) is 0 Å². The van der Waals surface area contributed by atoms with Gasteiger partial charge < -0.3 is 5.73 Å². The fraction of sp³-hybridized carbons (Fsp3) is 0.571. The van der Waals surface area contributed by atoms with Gasteiger partial charge in [-0.1, -0.05) is 12.1 Å². The minimum atomic E-state index is -2.53. The molecule has 0 saturated heterocycles. The van der Waals surface area contributed by atoms with Crippen LogP contribution >= 0.6 is 0 Å². The van der Waals surface area contributed by atoms with E-state index in [1.807, 2.05) is 0 Å². The van der Waals surface area contributed by atoms with Crippen LogP contribution in [0.3, 0.4) is 0 Å². The first kappa shape index (κ1) is 10.6. The lowest BCUT2D eigenvalue weighted by Gasteiger charge is -2.03. The molecule has 78 valence electrons. The van der Waals surface area contributed by atoms with E-state index in [1.165, 1.54) is 0 Å². The maximum absolute atomic E-state index is 12.0. The van der Waals surface area contributed by atoms with Gasteiger partial charge in [0.05, 0.1) is 5.69 Å². The third kappa shape index (κ3) is 2.04. The van der Waals surface area contributed by atoms with Gasteiger partial charge in [0.15, 0.2) is 5.69 Å². The van der Waals surface area contributed by atoms with Crippen molar-refractivity contribution in [2.75, 3.05) is 0 Å². The fourth-order valence-electron chi connectivity index (χ4n) is 1.15. The van der Waals surface area contributed by atoms with Crippen LogP contribution in [0, 0.1) is 0 Å². The Bertz CT molecular complexity index is 336. The molecule has 0 spiro atoms. The van der Waals surface area contributed by atoms with Crippen molar-refractivity contribution >= 4 is 5.91 Å². The second kappa shape index (κ2) is 4.12. The van der Waals surface area contributed by atoms with Gasteiger partial charge in [0.25, 0.3) is 12.3 Å². The van der Waals surface area contributed by atoms with Crippen LogP contribution in [0.25, 0.3) is 0 Å². The topological polar surface area (TPSA) is 73.8 Å². The molecule has 0 bridgehead atoms. The zero-order valence-corrected chi connectivity index (χ0v) is 7.57. The number of hydrogen-bond acceptors (Lipinski definition) is 3. The highest BCUT2D eigenvalue weighted by Crippen LogP contribution is 2.08. The number of carbonyl (C=O) groups excluding carboxylic acids is 1. The van der Waals surface area contributed by atoms with Crippen LogP contribution in [0.15, 0.2) is 0 Å². The first-order valence-corrected chi connectivity index (χ1v) is 4.06. The van der Waals surface area contributed by atoms with Crippen molar-refractivity contribution in [3.8, 4) is 0 Å². The lowest BCUT2D eigenvalue weighted by Crippen LogP contribution is -2.16. The van der Waals surface area contributed by atoms with E-state index in [1.54, 1.807) is 6.92 Å². The van der Waals surface area contributed by atoms with E-state index in [4.69, 9.17) is 5.73 Å². The van der Waals surface area contributed by atoms with Crippen LogP contribution in [0.1, 0.15) is 23.1 Å². The average Bonchev–Trinajstić information content (AvgIpc) is 2.46. The molecule has 1 amide bonds. The lowest BCUT2D eigenvalue weighted by atomic mass is 10.2. The quantitative estimate of drug-likeness (QED) is 0.761. The number of halogens is 2. The number of carbonyl (C=O) groups is 1. The molecule has 14 heavy (non-hydrogen) atoms. The van der Waals surface area contributed by atoms with Gasteiger partial charge in [-0.25, -0.2) is 13.5 Å². The predicted molar refractivity (Wildman–Crippen MR) is 43.9 cm³/mol. The second-order valence-corrected chi connectivity index (χ2v) is 2.68. The highest BCUT2D eigenvalue weighted by Gasteiger charge is 2.17. The molecule has 2 N–H and O–H groups in total. The summed E-state index contributed by atoms with van der Waals surface area (Å²) in [6, 6.07) is 0. The third-order valence-corrected chi connectivity index (χ3v) is 1.72. The van der Waals surface area contributed by atoms with E-state index in [9.17, 15) is 13.6 Å². The SMILES string of the molecule is CCc1c(C(N)=O)nnn1CC(F)F. The monoisotopic (exact) mass is 204 g/mol. The standard InChI is InChI=1S/C7H10F2N4O/c1-2-4-6(7(10)14)11-12-13(4)3-5(8)9/h5H,2-3H2,1H3,(H2,10,14). The molecule has 0 atom stereocenters. The Labute approximate surface area is 78.9 Å². The van der Waals surface area contributed by atoms with Crippen molar-refractivity contribution in [3.63, 3.8) is 0 Å². The number of aromatic nitrogens is 3. The van der Waals surface area contributed by atoms with E-state index in [0.717, 1.165) is 4.68 Å². The maximum atomic E-state index is 12.0. The summed E-state index contributed by atoms with van der Waals surface area (Å²) in [5.41, 5.74) is 5.30. The van der Waals surface area contributed by atoms with E-state index in [0.29, 0.717) is 12.1 Å². The molecule has 0 fully saturated rings. The molecule has 5 nitrogen and oxygen atoms in total. The smallest absolute Gasteiger partial charge is 0.271 e. The van der Waals surface area contributed by atoms with Gasteiger partial charge in [0, 0.05) is 0 Å². The van der Waals surface area contributed by atoms with Crippen molar-refractivity contribution in [3.05, 3.63) is 11.4 Å². The largest absolute Gasteiger partial charge is 0.364 e. The van der Waals surface area contributed by atoms with Gasteiger partial charge >= 0.3 is 0 Å². The van der Waals surface area contributed by atoms with Crippen LogP contribution in [-0.4, -0.2) is 27.3 Å². The Morgan fingerprint density at radius 1 is 1.64 bits per heavy atom. The Balaban J connectivity index is 3.01. The zero-order valence-electron chi connectivity index (χ0n) is 7.57. The minimum absolute atomic E-state index is 0.0341. The maximum Gasteiger partial charge on any atom is 0.271 e. The number of primary amides is 1. The summed E-state index contributed by atoms with van der Waals surface area (Å²) < 4.78 is 25.1. The van der Waals surface area contributed by atoms with Gasteiger partial charge in [-0.3, -0.25) is 4.79 Å². The molecule has 0 saturated carbocycles. The number of nitrogens with zero attached hydrogens (tertiary/aromatic N) is 3. The summed E-state index contributed by atoms with van der Waals surface area (Å²) in [7, 11) is 0. The normalized spacial score (nSPS) is 10.9. The molecule has 1 heterocycles. The molecular weight excluding hydrogens is 194 g/mol. The van der Waals surface area contributed by atoms with E-state index >= 15 is 0 Å². The lowest BCUT2D eigenvalue weighted by molar-refractivity contribution is 0.0993. The van der Waals surface area contributed by atoms with Crippen molar-refractivity contribution in [2.24, 2.45) is 5.73 Å². The molecule has 1 rings (SSSR count). The second-order valence-electron chi connectivity index (χ2n) is 2.68. The molecule has 0 aliphatic heterocycles. The molecular formula is C7H10F2N4O. The molecule has 0 aromatic carbocycles. The summed E-state index contributed by atoms with van der Waals surface area (Å²) >= 11 is 0. The van der Waals surface area contributed by atoms with Crippen LogP contribution in [0.2, 0.25) is 0 Å². The number of nitrogens with two attached hydrogens (primary N) is 1. The van der Waals surface area contributed by atoms with E-state index in [2.05, 4.69) is 10.3 Å². The molecule has 0 aliphatic rings. The van der Waals surface area contributed by atoms with Crippen molar-refractivity contribution in [2.45, 2.75) is 26.3 Å². The Kier molecular flexibility index (Phi) is 3.10. The molecule has 1 aromatic rings. The average molecular weight is 204 g/mol. The summed E-state index contributed by atoms with van der Waals surface area (Å²) in [6.07, 6.45) is -2.14. The van der Waals surface area contributed by atoms with Gasteiger partial charge in [0.1, 0.15) is 6.54 Å². The van der Waals surface area contributed by atoms with Gasteiger partial charge in [0.2, 0.25) is 0 Å².